The number of aliphatic hydroxyl groups excluding tert-OH is 6. The molecule has 2 saturated heterocycles. The van der Waals surface area contributed by atoms with Crippen LogP contribution in [0.5, 0.6) is 0 Å². The number of carbonyl (C=O) groups is 1. The molecule has 0 aliphatic carbocycles. The molecule has 2 aliphatic rings. The van der Waals surface area contributed by atoms with Crippen molar-refractivity contribution in [2.75, 3.05) is 13.2 Å². The van der Waals surface area contributed by atoms with Crippen molar-refractivity contribution in [2.24, 2.45) is 0 Å². The number of carbonyl (C=O) groups excluding carboxylic acids is 1. The van der Waals surface area contributed by atoms with Crippen molar-refractivity contribution in [3.63, 3.8) is 0 Å². The van der Waals surface area contributed by atoms with E-state index in [1.807, 2.05) is 10.3 Å². The largest absolute Gasteiger partial charge is 0.776 e. The molecule has 0 bridgehead atoms. The molecule has 1 amide bonds. The van der Waals surface area contributed by atoms with Crippen LogP contribution in [0.15, 0.2) is 21.9 Å². The van der Waals surface area contributed by atoms with E-state index in [1.54, 1.807) is 0 Å². The Morgan fingerprint density at radius 3 is 2.33 bits per heavy atom. The molecular weight excluding hydrogens is 592 g/mol. The zero-order valence-electron chi connectivity index (χ0n) is 20.4. The summed E-state index contributed by atoms with van der Waals surface area (Å²) in [5, 5.41) is 62.4. The monoisotopic (exact) mass is 619 g/mol. The molecule has 1 aromatic heterocycles. The number of phosphoric acid groups is 1. The Morgan fingerprint density at radius 2 is 1.75 bits per heavy atom. The van der Waals surface area contributed by atoms with Gasteiger partial charge in [-0.15, -0.1) is 0 Å². The van der Waals surface area contributed by atoms with Crippen LogP contribution in [0.4, 0.5) is 0 Å². The van der Waals surface area contributed by atoms with Gasteiger partial charge in [-0.2, -0.15) is 0 Å². The Labute approximate surface area is 223 Å². The highest BCUT2D eigenvalue weighted by Gasteiger charge is 2.50. The minimum absolute atomic E-state index is 0.686. The van der Waals surface area contributed by atoms with Gasteiger partial charge < -0.3 is 64.3 Å². The van der Waals surface area contributed by atoms with Gasteiger partial charge in [-0.25, -0.2) is 4.79 Å². The van der Waals surface area contributed by atoms with E-state index in [2.05, 4.69) is 8.83 Å². The van der Waals surface area contributed by atoms with E-state index in [0.717, 1.165) is 19.2 Å². The quantitative estimate of drug-likeness (QED) is 0.113. The highest BCUT2D eigenvalue weighted by Crippen LogP contribution is 2.58. The van der Waals surface area contributed by atoms with Crippen LogP contribution in [0.1, 0.15) is 13.2 Å². The molecule has 20 nitrogen and oxygen atoms in total. The van der Waals surface area contributed by atoms with Gasteiger partial charge in [0.15, 0.2) is 13.8 Å². The molecule has 1 aromatic rings. The molecule has 12 atom stereocenters. The van der Waals surface area contributed by atoms with Crippen molar-refractivity contribution in [1.82, 2.24) is 14.9 Å². The van der Waals surface area contributed by atoms with Gasteiger partial charge in [0.25, 0.3) is 13.4 Å². The van der Waals surface area contributed by atoms with Crippen LogP contribution in [0, 0.1) is 0 Å². The molecule has 0 spiro atoms. The third kappa shape index (κ3) is 7.12. The average molecular weight is 619 g/mol. The second-order valence-electron chi connectivity index (χ2n) is 8.87. The standard InChI is InChI=1S/C18H29N3O17P2/c1-6(23)19-10-13(27)11(25)7(4-22)36-15(10)17(29)39(31,32)38-40(33,34)35-5-8-12(26)14(28)16(37-8)21-3-2-9(24)20-18(21)30/h2-3,7-8,10-17,22,25-29H,4-5H2,1H3,(H,19,23)(H,31,32)(H,33,34)(H,20,24,30)/p-2/t7-,8-,10-,11-,12-,13-,14-,15+,16-,17?/m1/s1. The number of rotatable bonds is 10. The Kier molecular flexibility index (Phi) is 10.2. The van der Waals surface area contributed by atoms with Crippen molar-refractivity contribution in [1.29, 1.82) is 0 Å². The summed E-state index contributed by atoms with van der Waals surface area (Å²) in [4.78, 5) is 61.4. The van der Waals surface area contributed by atoms with Crippen LogP contribution in [-0.2, 0) is 32.2 Å². The molecule has 0 saturated carbocycles. The molecule has 22 heteroatoms. The van der Waals surface area contributed by atoms with E-state index in [0.29, 0.717) is 4.57 Å². The average Bonchev–Trinajstić information content (AvgIpc) is 3.13. The van der Waals surface area contributed by atoms with Gasteiger partial charge in [-0.05, 0) is 0 Å². The number of aliphatic hydroxyl groups is 6. The van der Waals surface area contributed by atoms with Gasteiger partial charge in [0.05, 0.1) is 19.3 Å². The lowest BCUT2D eigenvalue weighted by Gasteiger charge is -2.46. The summed E-state index contributed by atoms with van der Waals surface area (Å²) in [6.07, 6.45) is -13.6. The number of amides is 1. The highest BCUT2D eigenvalue weighted by atomic mass is 31.3. The van der Waals surface area contributed by atoms with E-state index in [4.69, 9.17) is 9.47 Å². The molecule has 0 radical (unpaired) electrons. The van der Waals surface area contributed by atoms with Crippen molar-refractivity contribution >= 4 is 21.3 Å². The van der Waals surface area contributed by atoms with Crippen LogP contribution in [-0.4, -0.2) is 114 Å². The summed E-state index contributed by atoms with van der Waals surface area (Å²) in [6, 6.07) is -0.903. The van der Waals surface area contributed by atoms with E-state index in [9.17, 15) is 63.9 Å². The SMILES string of the molecule is CC(=O)N[C@@H]1[C@@H](O)[C@H](O)[C@@H](CO)O[C@@H]1C(O)P(=O)([O-])OP(=O)([O-])OC[C@H]1O[C@@H](n2ccc(=O)[nH]c2=O)[C@H](O)[C@@H]1O. The topological polar surface area (TPSA) is 323 Å². The normalized spacial score (nSPS) is 36.4. The maximum Gasteiger partial charge on any atom is 0.330 e. The fourth-order valence-corrected chi connectivity index (χ4v) is 6.72. The number of hydrogen-bond acceptors (Lipinski definition) is 17. The molecule has 8 N–H and O–H groups in total. The van der Waals surface area contributed by atoms with Crippen molar-refractivity contribution in [2.45, 2.75) is 67.8 Å². The summed E-state index contributed by atoms with van der Waals surface area (Å²) in [5.41, 5.74) is -1.81. The Balaban J connectivity index is 1.70. The fraction of sp³-hybridized carbons (Fsp3) is 0.722. The lowest BCUT2D eigenvalue weighted by atomic mass is 9.93. The fourth-order valence-electron chi connectivity index (χ4n) is 4.08. The molecule has 2 aliphatic heterocycles. The summed E-state index contributed by atoms with van der Waals surface area (Å²) in [6.45, 7) is -1.18. The summed E-state index contributed by atoms with van der Waals surface area (Å²) < 4.78 is 44.3. The van der Waals surface area contributed by atoms with Gasteiger partial charge in [0.1, 0.15) is 48.6 Å². The van der Waals surface area contributed by atoms with Gasteiger partial charge in [0.2, 0.25) is 5.91 Å². The number of hydrogen-bond donors (Lipinski definition) is 8. The highest BCUT2D eigenvalue weighted by molar-refractivity contribution is 7.62. The minimum Gasteiger partial charge on any atom is -0.776 e. The lowest BCUT2D eigenvalue weighted by molar-refractivity contribution is -0.246. The Hall–Kier alpha value is -1.87. The number of ether oxygens (including phenoxy) is 2. The van der Waals surface area contributed by atoms with Gasteiger partial charge in [-0.1, -0.05) is 0 Å². The lowest BCUT2D eigenvalue weighted by Crippen LogP contribution is -2.66. The number of aromatic amines is 1. The van der Waals surface area contributed by atoms with Gasteiger partial charge in [-0.3, -0.25) is 28.0 Å². The van der Waals surface area contributed by atoms with Crippen molar-refractivity contribution in [3.05, 3.63) is 33.1 Å². The number of H-pyrrole nitrogens is 1. The third-order valence-electron chi connectivity index (χ3n) is 6.03. The van der Waals surface area contributed by atoms with E-state index < -0.39 is 107 Å². The molecular formula is C18H27N3O17P2-2. The molecule has 2 fully saturated rings. The summed E-state index contributed by atoms with van der Waals surface area (Å²) >= 11 is 0. The smallest absolute Gasteiger partial charge is 0.330 e. The summed E-state index contributed by atoms with van der Waals surface area (Å²) in [5.74, 6) is -3.77. The molecule has 0 aromatic carbocycles. The first-order valence-electron chi connectivity index (χ1n) is 11.4. The van der Waals surface area contributed by atoms with Crippen LogP contribution in [0.2, 0.25) is 0 Å². The van der Waals surface area contributed by atoms with Crippen LogP contribution in [0.25, 0.3) is 0 Å². The number of aromatic nitrogens is 2. The Bertz CT molecular complexity index is 1270. The number of nitrogens with zero attached hydrogens (tertiary/aromatic N) is 1. The number of nitrogens with one attached hydrogen (secondary N) is 2. The predicted molar refractivity (Wildman–Crippen MR) is 121 cm³/mol. The predicted octanol–water partition coefficient (Wildman–Crippen LogP) is -6.48. The van der Waals surface area contributed by atoms with Crippen LogP contribution < -0.4 is 26.4 Å². The maximum atomic E-state index is 12.6. The molecule has 3 unspecified atom stereocenters. The first kappa shape index (κ1) is 32.6. The summed E-state index contributed by atoms with van der Waals surface area (Å²) in [7, 11) is -11.9. The molecule has 3 heterocycles. The first-order chi connectivity index (χ1) is 18.5. The second-order valence-corrected chi connectivity index (χ2v) is 12.3. The van der Waals surface area contributed by atoms with E-state index in [-0.39, 0.29) is 0 Å². The molecule has 3 rings (SSSR count). The zero-order chi connectivity index (χ0) is 30.2. The van der Waals surface area contributed by atoms with Gasteiger partial charge in [0, 0.05) is 19.2 Å². The first-order valence-corrected chi connectivity index (χ1v) is 14.4. The maximum absolute atomic E-state index is 12.6. The molecule has 40 heavy (non-hydrogen) atoms. The van der Waals surface area contributed by atoms with Crippen molar-refractivity contribution in [3.8, 4) is 0 Å². The zero-order valence-corrected chi connectivity index (χ0v) is 22.1. The number of phosphoric ester groups is 1. The van der Waals surface area contributed by atoms with E-state index >= 15 is 0 Å². The van der Waals surface area contributed by atoms with Crippen LogP contribution >= 0.6 is 15.4 Å². The minimum atomic E-state index is -5.98. The van der Waals surface area contributed by atoms with Gasteiger partial charge >= 0.3 is 5.69 Å². The van der Waals surface area contributed by atoms with Crippen LogP contribution in [0.3, 0.4) is 0 Å². The molecule has 228 valence electrons. The van der Waals surface area contributed by atoms with Crippen molar-refractivity contribution < 1.29 is 72.7 Å². The second kappa shape index (κ2) is 12.6. The Morgan fingerprint density at radius 1 is 1.12 bits per heavy atom. The third-order valence-corrected chi connectivity index (χ3v) is 9.14. The van der Waals surface area contributed by atoms with E-state index in [1.165, 1.54) is 0 Å².